The van der Waals surface area contributed by atoms with Gasteiger partial charge in [-0.2, -0.15) is 4.98 Å². The van der Waals surface area contributed by atoms with Crippen LogP contribution < -0.4 is 21.5 Å². The van der Waals surface area contributed by atoms with Crippen LogP contribution in [-0.2, 0) is 20.1 Å². The molecule has 0 atom stereocenters. The van der Waals surface area contributed by atoms with Crippen molar-refractivity contribution in [2.45, 2.75) is 20.0 Å². The molecule has 3 aromatic heterocycles. The van der Waals surface area contributed by atoms with Crippen molar-refractivity contribution < 1.29 is 0 Å². The van der Waals surface area contributed by atoms with E-state index in [-0.39, 0.29) is 12.1 Å². The fraction of sp³-hybridized carbons (Fsp3) is 0.333. The van der Waals surface area contributed by atoms with Crippen molar-refractivity contribution in [2.75, 3.05) is 31.1 Å². The number of pyridine rings is 1. The van der Waals surface area contributed by atoms with Crippen LogP contribution in [0.25, 0.3) is 22.1 Å². The van der Waals surface area contributed by atoms with Crippen LogP contribution in [0.1, 0.15) is 12.5 Å². The van der Waals surface area contributed by atoms with Gasteiger partial charge in [0.05, 0.1) is 18.6 Å². The van der Waals surface area contributed by atoms with E-state index in [1.54, 1.807) is 20.2 Å². The van der Waals surface area contributed by atoms with Gasteiger partial charge in [0, 0.05) is 44.8 Å². The van der Waals surface area contributed by atoms with E-state index in [1.165, 1.54) is 9.13 Å². The van der Waals surface area contributed by atoms with Crippen LogP contribution in [0, 0.1) is 11.8 Å². The summed E-state index contributed by atoms with van der Waals surface area (Å²) in [4.78, 5) is 38.2. The number of benzene rings is 1. The lowest BCUT2D eigenvalue weighted by Crippen LogP contribution is -2.44. The van der Waals surface area contributed by atoms with Gasteiger partial charge in [0.2, 0.25) is 5.95 Å². The number of imidazole rings is 1. The van der Waals surface area contributed by atoms with E-state index in [0.29, 0.717) is 23.7 Å². The number of para-hydroxylation sites is 1. The van der Waals surface area contributed by atoms with Crippen LogP contribution in [0.3, 0.4) is 0 Å². The Kier molecular flexibility index (Phi) is 5.44. The maximum atomic E-state index is 13.7. The van der Waals surface area contributed by atoms with Crippen molar-refractivity contribution in [2.24, 2.45) is 7.05 Å². The first-order valence-corrected chi connectivity index (χ1v) is 11.0. The summed E-state index contributed by atoms with van der Waals surface area (Å²) in [6.45, 7) is 5.46. The van der Waals surface area contributed by atoms with Crippen LogP contribution in [0.2, 0.25) is 0 Å². The number of piperazine rings is 1. The molecule has 33 heavy (non-hydrogen) atoms. The third-order valence-electron chi connectivity index (χ3n) is 6.09. The summed E-state index contributed by atoms with van der Waals surface area (Å²) in [6.07, 6.45) is 1.70. The molecule has 168 valence electrons. The summed E-state index contributed by atoms with van der Waals surface area (Å²) in [5, 5.41) is 4.25. The highest BCUT2D eigenvalue weighted by atomic mass is 16.2. The molecule has 9 nitrogen and oxygen atoms in total. The van der Waals surface area contributed by atoms with E-state index in [0.717, 1.165) is 42.6 Å². The Balaban J connectivity index is 1.72. The zero-order valence-electron chi connectivity index (χ0n) is 18.7. The molecule has 0 unspecified atom stereocenters. The lowest BCUT2D eigenvalue weighted by Gasteiger charge is -2.28. The summed E-state index contributed by atoms with van der Waals surface area (Å²) in [6, 6.07) is 9.57. The molecule has 0 radical (unpaired) electrons. The molecule has 0 saturated carbocycles. The Labute approximate surface area is 190 Å². The van der Waals surface area contributed by atoms with Crippen molar-refractivity contribution in [1.82, 2.24) is 29.0 Å². The Morgan fingerprint density at radius 2 is 1.88 bits per heavy atom. The first-order valence-electron chi connectivity index (χ1n) is 11.0. The fourth-order valence-electron chi connectivity index (χ4n) is 4.38. The molecule has 1 aromatic carbocycles. The highest BCUT2D eigenvalue weighted by molar-refractivity contribution is 5.82. The van der Waals surface area contributed by atoms with Gasteiger partial charge in [-0.05, 0) is 24.6 Å². The highest BCUT2D eigenvalue weighted by Crippen LogP contribution is 2.21. The molecule has 1 saturated heterocycles. The summed E-state index contributed by atoms with van der Waals surface area (Å²) >= 11 is 0. The predicted molar refractivity (Wildman–Crippen MR) is 129 cm³/mol. The molecule has 1 aliphatic heterocycles. The smallest absolute Gasteiger partial charge is 0.332 e. The van der Waals surface area contributed by atoms with Gasteiger partial charge in [-0.3, -0.25) is 23.5 Å². The lowest BCUT2D eigenvalue weighted by molar-refractivity contribution is 0.572. The molecule has 4 aromatic rings. The van der Waals surface area contributed by atoms with Crippen LogP contribution in [0.15, 0.2) is 46.1 Å². The van der Waals surface area contributed by atoms with Crippen molar-refractivity contribution in [3.63, 3.8) is 0 Å². The van der Waals surface area contributed by atoms with E-state index in [4.69, 9.17) is 4.98 Å². The second kappa shape index (κ2) is 8.56. The average molecular weight is 444 g/mol. The summed E-state index contributed by atoms with van der Waals surface area (Å²) in [7, 11) is 1.66. The number of nitrogens with zero attached hydrogens (tertiary/aromatic N) is 6. The van der Waals surface area contributed by atoms with Crippen LogP contribution >= 0.6 is 0 Å². The first-order chi connectivity index (χ1) is 16.1. The minimum absolute atomic E-state index is 0.151. The lowest BCUT2D eigenvalue weighted by atomic mass is 10.1. The van der Waals surface area contributed by atoms with Gasteiger partial charge < -0.3 is 10.2 Å². The maximum absolute atomic E-state index is 13.7. The SMILES string of the molecule is CC#CCn1c(N2CCNCC2)nc2c1c(=O)n(Cc1ccnc3ccccc13)c(=O)n2C. The Morgan fingerprint density at radius 3 is 2.67 bits per heavy atom. The highest BCUT2D eigenvalue weighted by Gasteiger charge is 2.24. The van der Waals surface area contributed by atoms with E-state index < -0.39 is 5.69 Å². The summed E-state index contributed by atoms with van der Waals surface area (Å²) in [5.41, 5.74) is 1.71. The van der Waals surface area contributed by atoms with E-state index in [9.17, 15) is 9.59 Å². The Morgan fingerprint density at radius 1 is 1.09 bits per heavy atom. The van der Waals surface area contributed by atoms with Crippen molar-refractivity contribution >= 4 is 28.0 Å². The van der Waals surface area contributed by atoms with E-state index in [2.05, 4.69) is 27.0 Å². The zero-order chi connectivity index (χ0) is 22.9. The molecule has 1 fully saturated rings. The molecule has 9 heteroatoms. The van der Waals surface area contributed by atoms with Gasteiger partial charge in [0.15, 0.2) is 11.2 Å². The monoisotopic (exact) mass is 443 g/mol. The standard InChI is InChI=1S/C24H25N7O2/c1-3-4-13-30-20-21(27-23(30)29-14-11-25-12-15-29)28(2)24(33)31(22(20)32)16-17-9-10-26-19-8-6-5-7-18(17)19/h5-10,25H,11-16H2,1-2H3. The largest absolute Gasteiger partial charge is 0.340 e. The number of fused-ring (bicyclic) bond motifs is 2. The molecule has 1 N–H and O–H groups in total. The van der Waals surface area contributed by atoms with Gasteiger partial charge >= 0.3 is 5.69 Å². The number of hydrogen-bond donors (Lipinski definition) is 1. The molecule has 0 aliphatic carbocycles. The first kappa shape index (κ1) is 21.0. The van der Waals surface area contributed by atoms with E-state index >= 15 is 0 Å². The van der Waals surface area contributed by atoms with Gasteiger partial charge in [0.1, 0.15) is 0 Å². The second-order valence-corrected chi connectivity index (χ2v) is 8.05. The minimum atomic E-state index is -0.397. The van der Waals surface area contributed by atoms with Crippen molar-refractivity contribution in [3.05, 3.63) is 62.9 Å². The number of hydrogen-bond acceptors (Lipinski definition) is 6. The van der Waals surface area contributed by atoms with Crippen LogP contribution in [-0.4, -0.2) is 49.8 Å². The van der Waals surface area contributed by atoms with E-state index in [1.807, 2.05) is 34.9 Å². The number of anilines is 1. The Bertz CT molecular complexity index is 1520. The van der Waals surface area contributed by atoms with Crippen molar-refractivity contribution in [3.8, 4) is 11.8 Å². The molecular weight excluding hydrogens is 418 g/mol. The van der Waals surface area contributed by atoms with Crippen molar-refractivity contribution in [1.29, 1.82) is 0 Å². The van der Waals surface area contributed by atoms with Crippen LogP contribution in [0.5, 0.6) is 0 Å². The quantitative estimate of drug-likeness (QED) is 0.472. The molecule has 1 aliphatic rings. The molecular formula is C24H25N7O2. The Hall–Kier alpha value is -3.90. The molecule has 5 rings (SSSR count). The van der Waals surface area contributed by atoms with Gasteiger partial charge in [-0.15, -0.1) is 5.92 Å². The number of aromatic nitrogens is 5. The summed E-state index contributed by atoms with van der Waals surface area (Å²) < 4.78 is 4.59. The van der Waals surface area contributed by atoms with Crippen LogP contribution in [0.4, 0.5) is 5.95 Å². The minimum Gasteiger partial charge on any atom is -0.340 e. The average Bonchev–Trinajstić information content (AvgIpc) is 3.24. The van der Waals surface area contributed by atoms with Gasteiger partial charge in [-0.1, -0.05) is 24.1 Å². The number of rotatable bonds is 4. The zero-order valence-corrected chi connectivity index (χ0v) is 18.7. The predicted octanol–water partition coefficient (Wildman–Crippen LogP) is 0.926. The molecule has 0 amide bonds. The summed E-state index contributed by atoms with van der Waals surface area (Å²) in [5.74, 6) is 6.65. The molecule has 0 spiro atoms. The maximum Gasteiger partial charge on any atom is 0.332 e. The van der Waals surface area contributed by atoms with Gasteiger partial charge in [0.25, 0.3) is 5.56 Å². The number of nitrogens with one attached hydrogen (secondary N) is 1. The molecule has 0 bridgehead atoms. The second-order valence-electron chi connectivity index (χ2n) is 8.05. The number of aryl methyl sites for hydroxylation is 1. The third kappa shape index (κ3) is 3.58. The normalized spacial score (nSPS) is 13.9. The fourth-order valence-corrected chi connectivity index (χ4v) is 4.38. The van der Waals surface area contributed by atoms with Gasteiger partial charge in [-0.25, -0.2) is 4.79 Å². The molecule has 4 heterocycles. The third-order valence-corrected chi connectivity index (χ3v) is 6.09. The topological polar surface area (TPSA) is 90.0 Å².